The smallest absolute Gasteiger partial charge is 0.237 e. The first-order valence-electron chi connectivity index (χ1n) is 6.51. The van der Waals surface area contributed by atoms with E-state index in [2.05, 4.69) is 38.7 Å². The lowest BCUT2D eigenvalue weighted by Gasteiger charge is -2.22. The van der Waals surface area contributed by atoms with Gasteiger partial charge in [-0.1, -0.05) is 34.5 Å². The Balaban J connectivity index is 0.00000180. The van der Waals surface area contributed by atoms with E-state index in [0.717, 1.165) is 30.3 Å². The first-order valence-corrected chi connectivity index (χ1v) is 7.30. The maximum Gasteiger partial charge on any atom is 0.237 e. The number of rotatable bonds is 4. The molecule has 0 spiro atoms. The van der Waals surface area contributed by atoms with Gasteiger partial charge in [-0.3, -0.25) is 4.79 Å². The monoisotopic (exact) mass is 346 g/mol. The number of hydrogen-bond acceptors (Lipinski definition) is 2. The summed E-state index contributed by atoms with van der Waals surface area (Å²) < 4.78 is 1.08. The standard InChI is InChI=1S/C14H19BrN2O.ClH/c15-12-6-4-11(5-7-12)8-10-17-14(18)13-3-1-2-9-16-13;/h4-7,13,16H,1-3,8-10H2,(H,17,18);1H. The molecule has 1 aliphatic heterocycles. The number of amides is 1. The number of hydrogen-bond donors (Lipinski definition) is 2. The molecule has 1 aliphatic rings. The van der Waals surface area contributed by atoms with E-state index in [0.29, 0.717) is 6.54 Å². The molecule has 1 aromatic rings. The van der Waals surface area contributed by atoms with Gasteiger partial charge in [-0.05, 0) is 43.5 Å². The van der Waals surface area contributed by atoms with Crippen LogP contribution in [0.25, 0.3) is 0 Å². The number of nitrogens with one attached hydrogen (secondary N) is 2. The molecule has 2 rings (SSSR count). The Morgan fingerprint density at radius 1 is 1.32 bits per heavy atom. The van der Waals surface area contributed by atoms with Crippen molar-refractivity contribution in [3.63, 3.8) is 0 Å². The second-order valence-electron chi connectivity index (χ2n) is 4.67. The summed E-state index contributed by atoms with van der Waals surface area (Å²) in [4.78, 5) is 11.9. The van der Waals surface area contributed by atoms with Crippen LogP contribution in [0.2, 0.25) is 0 Å². The van der Waals surface area contributed by atoms with Crippen molar-refractivity contribution in [1.29, 1.82) is 0 Å². The molecule has 0 aliphatic carbocycles. The van der Waals surface area contributed by atoms with Gasteiger partial charge in [-0.15, -0.1) is 12.4 Å². The van der Waals surface area contributed by atoms with Crippen molar-refractivity contribution >= 4 is 34.2 Å². The lowest BCUT2D eigenvalue weighted by molar-refractivity contribution is -0.123. The van der Waals surface area contributed by atoms with E-state index in [4.69, 9.17) is 0 Å². The zero-order chi connectivity index (χ0) is 12.8. The number of piperidine rings is 1. The topological polar surface area (TPSA) is 41.1 Å². The molecular formula is C14H20BrClN2O. The Hall–Kier alpha value is -0.580. The predicted octanol–water partition coefficient (Wildman–Crippen LogP) is 2.67. The highest BCUT2D eigenvalue weighted by atomic mass is 79.9. The Labute approximate surface area is 129 Å². The SMILES string of the molecule is Cl.O=C(NCCc1ccc(Br)cc1)C1CCCCN1. The van der Waals surface area contributed by atoms with Gasteiger partial charge in [0.1, 0.15) is 0 Å². The summed E-state index contributed by atoms with van der Waals surface area (Å²) >= 11 is 3.41. The molecule has 1 saturated heterocycles. The van der Waals surface area contributed by atoms with Crippen molar-refractivity contribution < 1.29 is 4.79 Å². The summed E-state index contributed by atoms with van der Waals surface area (Å²) in [7, 11) is 0. The summed E-state index contributed by atoms with van der Waals surface area (Å²) in [6, 6.07) is 8.23. The highest BCUT2D eigenvalue weighted by Gasteiger charge is 2.19. The minimum Gasteiger partial charge on any atom is -0.354 e. The largest absolute Gasteiger partial charge is 0.354 e. The lowest BCUT2D eigenvalue weighted by Crippen LogP contribution is -2.47. The zero-order valence-electron chi connectivity index (χ0n) is 10.8. The molecule has 2 N–H and O–H groups in total. The van der Waals surface area contributed by atoms with E-state index in [1.165, 1.54) is 12.0 Å². The summed E-state index contributed by atoms with van der Waals surface area (Å²) in [5, 5.41) is 6.26. The molecule has 1 unspecified atom stereocenters. The van der Waals surface area contributed by atoms with Crippen LogP contribution in [-0.4, -0.2) is 25.0 Å². The van der Waals surface area contributed by atoms with Gasteiger partial charge in [0.25, 0.3) is 0 Å². The third-order valence-electron chi connectivity index (χ3n) is 3.25. The number of halogens is 2. The van der Waals surface area contributed by atoms with E-state index in [9.17, 15) is 4.79 Å². The second kappa shape index (κ2) is 8.56. The number of carbonyl (C=O) groups is 1. The third kappa shape index (κ3) is 5.51. The fourth-order valence-corrected chi connectivity index (χ4v) is 2.44. The van der Waals surface area contributed by atoms with Crippen LogP contribution in [0.3, 0.4) is 0 Å². The molecule has 19 heavy (non-hydrogen) atoms. The van der Waals surface area contributed by atoms with Crippen LogP contribution in [0.5, 0.6) is 0 Å². The van der Waals surface area contributed by atoms with E-state index in [1.54, 1.807) is 0 Å². The molecule has 1 atom stereocenters. The van der Waals surface area contributed by atoms with Crippen molar-refractivity contribution in [2.24, 2.45) is 0 Å². The highest BCUT2D eigenvalue weighted by Crippen LogP contribution is 2.11. The molecule has 0 radical (unpaired) electrons. The molecule has 1 fully saturated rings. The molecule has 0 aromatic heterocycles. The van der Waals surface area contributed by atoms with Crippen LogP contribution in [0.15, 0.2) is 28.7 Å². The number of benzene rings is 1. The summed E-state index contributed by atoms with van der Waals surface area (Å²) in [6.07, 6.45) is 4.18. The van der Waals surface area contributed by atoms with Gasteiger partial charge in [-0.25, -0.2) is 0 Å². The van der Waals surface area contributed by atoms with Crippen molar-refractivity contribution in [2.45, 2.75) is 31.7 Å². The van der Waals surface area contributed by atoms with E-state index in [1.807, 2.05) is 12.1 Å². The second-order valence-corrected chi connectivity index (χ2v) is 5.59. The maximum atomic E-state index is 11.9. The van der Waals surface area contributed by atoms with Crippen molar-refractivity contribution in [3.8, 4) is 0 Å². The molecule has 0 bridgehead atoms. The first-order chi connectivity index (χ1) is 8.75. The van der Waals surface area contributed by atoms with Gasteiger partial charge in [-0.2, -0.15) is 0 Å². The quantitative estimate of drug-likeness (QED) is 0.879. The van der Waals surface area contributed by atoms with Crippen LogP contribution in [0, 0.1) is 0 Å². The molecule has 1 aromatic carbocycles. The first kappa shape index (κ1) is 16.5. The van der Waals surface area contributed by atoms with Crippen LogP contribution in [0.1, 0.15) is 24.8 Å². The predicted molar refractivity (Wildman–Crippen MR) is 83.7 cm³/mol. The van der Waals surface area contributed by atoms with E-state index in [-0.39, 0.29) is 24.4 Å². The van der Waals surface area contributed by atoms with E-state index < -0.39 is 0 Å². The fraction of sp³-hybridized carbons (Fsp3) is 0.500. The molecule has 106 valence electrons. The van der Waals surface area contributed by atoms with Crippen LogP contribution >= 0.6 is 28.3 Å². The van der Waals surface area contributed by atoms with Gasteiger partial charge < -0.3 is 10.6 Å². The minimum absolute atomic E-state index is 0. The van der Waals surface area contributed by atoms with Crippen molar-refractivity contribution in [3.05, 3.63) is 34.3 Å². The van der Waals surface area contributed by atoms with Gasteiger partial charge >= 0.3 is 0 Å². The molecule has 1 heterocycles. The minimum atomic E-state index is 0. The van der Waals surface area contributed by atoms with Crippen LogP contribution in [0.4, 0.5) is 0 Å². The average Bonchev–Trinajstić information content (AvgIpc) is 2.42. The molecule has 1 amide bonds. The number of carbonyl (C=O) groups excluding carboxylic acids is 1. The van der Waals surface area contributed by atoms with Crippen LogP contribution in [-0.2, 0) is 11.2 Å². The summed E-state index contributed by atoms with van der Waals surface area (Å²) in [6.45, 7) is 1.67. The average molecular weight is 348 g/mol. The fourth-order valence-electron chi connectivity index (χ4n) is 2.18. The molecule has 3 nitrogen and oxygen atoms in total. The molecular weight excluding hydrogens is 328 g/mol. The summed E-state index contributed by atoms with van der Waals surface area (Å²) in [5.41, 5.74) is 1.25. The van der Waals surface area contributed by atoms with Crippen LogP contribution < -0.4 is 10.6 Å². The molecule has 5 heteroatoms. The van der Waals surface area contributed by atoms with E-state index >= 15 is 0 Å². The molecule has 0 saturated carbocycles. The van der Waals surface area contributed by atoms with Crippen molar-refractivity contribution in [2.75, 3.05) is 13.1 Å². The van der Waals surface area contributed by atoms with Crippen molar-refractivity contribution in [1.82, 2.24) is 10.6 Å². The van der Waals surface area contributed by atoms with Gasteiger partial charge in [0, 0.05) is 11.0 Å². The van der Waals surface area contributed by atoms with Gasteiger partial charge in [0.05, 0.1) is 6.04 Å². The maximum absolute atomic E-state index is 11.9. The Kier molecular flexibility index (Phi) is 7.42. The Morgan fingerprint density at radius 2 is 2.05 bits per heavy atom. The third-order valence-corrected chi connectivity index (χ3v) is 3.78. The normalized spacial score (nSPS) is 18.5. The zero-order valence-corrected chi connectivity index (χ0v) is 13.2. The van der Waals surface area contributed by atoms with Gasteiger partial charge in [0.15, 0.2) is 0 Å². The Morgan fingerprint density at radius 3 is 2.68 bits per heavy atom. The summed E-state index contributed by atoms with van der Waals surface area (Å²) in [5.74, 6) is 0.145. The lowest BCUT2D eigenvalue weighted by atomic mass is 10.0. The van der Waals surface area contributed by atoms with Gasteiger partial charge in [0.2, 0.25) is 5.91 Å². The Bertz CT molecular complexity index is 391. The highest BCUT2D eigenvalue weighted by molar-refractivity contribution is 9.10.